The Morgan fingerprint density at radius 1 is 0.333 bits per heavy atom. The van der Waals surface area contributed by atoms with Crippen LogP contribution in [-0.2, 0) is 33.3 Å². The van der Waals surface area contributed by atoms with Gasteiger partial charge in [-0.3, -0.25) is 9.59 Å². The number of hydrogen-bond donors (Lipinski definition) is 1. The molecule has 1 N–H and O–H groups in total. The number of carbonyl (C=O) groups is 3. The van der Waals surface area contributed by atoms with E-state index in [-0.39, 0.29) is 38.2 Å². The normalized spacial score (nSPS) is 12.7. The van der Waals surface area contributed by atoms with Gasteiger partial charge in [-0.15, -0.1) is 0 Å². The minimum atomic E-state index is -1.51. The lowest BCUT2D eigenvalue weighted by Crippen LogP contribution is -2.40. The van der Waals surface area contributed by atoms with E-state index in [1.165, 1.54) is 347 Å². The molecule has 0 spiro atoms. The van der Waals surface area contributed by atoms with Crippen LogP contribution in [0.5, 0.6) is 0 Å². The fourth-order valence-electron chi connectivity index (χ4n) is 12.3. The molecule has 0 fully saturated rings. The molecule has 532 valence electrons. The van der Waals surface area contributed by atoms with Gasteiger partial charge >= 0.3 is 17.9 Å². The molecule has 9 nitrogen and oxygen atoms in total. The van der Waals surface area contributed by atoms with Crippen molar-refractivity contribution < 1.29 is 42.9 Å². The van der Waals surface area contributed by atoms with Gasteiger partial charge in [0.2, 0.25) is 0 Å². The number of aliphatic carboxylic acids is 1. The molecular weight excluding hydrogens is 1110 g/mol. The predicted molar refractivity (Wildman–Crippen MR) is 388 cm³/mol. The zero-order valence-corrected chi connectivity index (χ0v) is 61.1. The Bertz CT molecular complexity index is 1530. The molecule has 0 heterocycles. The first kappa shape index (κ1) is 87.8. The van der Waals surface area contributed by atoms with E-state index in [4.69, 9.17) is 18.9 Å². The number of quaternary nitrogens is 1. The Morgan fingerprint density at radius 2 is 0.600 bits per heavy atom. The number of carbonyl (C=O) groups excluding carboxylic acids is 2. The fraction of sp³-hybridized carbons (Fsp3) is 0.914. The number of allylic oxidation sites excluding steroid dienone is 4. The van der Waals surface area contributed by atoms with Crippen LogP contribution >= 0.6 is 0 Å². The fourth-order valence-corrected chi connectivity index (χ4v) is 12.3. The zero-order chi connectivity index (χ0) is 65.4. The van der Waals surface area contributed by atoms with Crippen LogP contribution in [0.1, 0.15) is 418 Å². The summed E-state index contributed by atoms with van der Waals surface area (Å²) in [6.07, 6.45) is 89.1. The molecule has 0 rings (SSSR count). The average molecular weight is 1270 g/mol. The highest BCUT2D eigenvalue weighted by Crippen LogP contribution is 2.20. The van der Waals surface area contributed by atoms with Gasteiger partial charge in [-0.2, -0.15) is 0 Å². The number of rotatable bonds is 76. The van der Waals surface area contributed by atoms with Crippen LogP contribution in [0.4, 0.5) is 0 Å². The minimum absolute atomic E-state index is 0.174. The zero-order valence-electron chi connectivity index (χ0n) is 61.1. The summed E-state index contributed by atoms with van der Waals surface area (Å²) in [5, 5.41) is 9.77. The summed E-state index contributed by atoms with van der Waals surface area (Å²) in [7, 11) is 6.00. The lowest BCUT2D eigenvalue weighted by atomic mass is 10.0. The van der Waals surface area contributed by atoms with Crippen LogP contribution in [0.15, 0.2) is 24.3 Å². The lowest BCUT2D eigenvalue weighted by Gasteiger charge is -2.25. The summed E-state index contributed by atoms with van der Waals surface area (Å²) < 4.78 is 23.1. The van der Waals surface area contributed by atoms with Crippen molar-refractivity contribution in [2.24, 2.45) is 0 Å². The van der Waals surface area contributed by atoms with Gasteiger partial charge in [-0.25, -0.2) is 4.79 Å². The first-order chi connectivity index (χ1) is 44.1. The number of hydrogen-bond acceptors (Lipinski definition) is 7. The van der Waals surface area contributed by atoms with Crippen molar-refractivity contribution in [3.05, 3.63) is 24.3 Å². The van der Waals surface area contributed by atoms with Gasteiger partial charge in [0.15, 0.2) is 6.10 Å². The molecule has 0 aliphatic carbocycles. The summed E-state index contributed by atoms with van der Waals surface area (Å²) >= 11 is 0. The second-order valence-electron chi connectivity index (χ2n) is 28.7. The number of unbranched alkanes of at least 4 members (excludes halogenated alkanes) is 57. The molecule has 0 aliphatic rings. The highest BCUT2D eigenvalue weighted by molar-refractivity contribution is 5.71. The predicted octanol–water partition coefficient (Wildman–Crippen LogP) is 25.3. The van der Waals surface area contributed by atoms with E-state index in [9.17, 15) is 19.5 Å². The number of ether oxygens (including phenoxy) is 4. The first-order valence-corrected chi connectivity index (χ1v) is 40.0. The lowest BCUT2D eigenvalue weighted by molar-refractivity contribution is -0.870. The van der Waals surface area contributed by atoms with Crippen molar-refractivity contribution in [2.45, 2.75) is 431 Å². The summed E-state index contributed by atoms with van der Waals surface area (Å²) in [5.41, 5.74) is 0. The summed E-state index contributed by atoms with van der Waals surface area (Å²) in [5.74, 6) is -1.97. The van der Waals surface area contributed by atoms with Crippen molar-refractivity contribution in [3.63, 3.8) is 0 Å². The molecule has 0 aromatic heterocycles. The minimum Gasteiger partial charge on any atom is -0.477 e. The molecule has 0 saturated carbocycles. The maximum Gasteiger partial charge on any atom is 0.361 e. The largest absolute Gasteiger partial charge is 0.477 e. The maximum atomic E-state index is 13.0. The van der Waals surface area contributed by atoms with Crippen LogP contribution in [0, 0.1) is 0 Å². The summed E-state index contributed by atoms with van der Waals surface area (Å²) in [6, 6.07) is 0. The van der Waals surface area contributed by atoms with Crippen LogP contribution in [-0.4, -0.2) is 87.4 Å². The maximum absolute atomic E-state index is 13.0. The van der Waals surface area contributed by atoms with E-state index < -0.39 is 18.4 Å². The Kier molecular flexibility index (Phi) is 70.8. The number of carboxylic acid groups (broad SMARTS) is 1. The second kappa shape index (κ2) is 72.6. The molecule has 0 amide bonds. The molecule has 90 heavy (non-hydrogen) atoms. The van der Waals surface area contributed by atoms with Gasteiger partial charge in [-0.05, 0) is 44.9 Å². The van der Waals surface area contributed by atoms with Crippen molar-refractivity contribution in [1.82, 2.24) is 0 Å². The molecule has 0 saturated heterocycles. The third-order valence-electron chi connectivity index (χ3n) is 18.5. The van der Waals surface area contributed by atoms with Crippen LogP contribution in [0.25, 0.3) is 0 Å². The van der Waals surface area contributed by atoms with Gasteiger partial charge in [0.25, 0.3) is 6.29 Å². The molecule has 2 atom stereocenters. The van der Waals surface area contributed by atoms with E-state index in [0.29, 0.717) is 17.4 Å². The SMILES string of the molecule is CCCCCCC/C=C\C/C=C\CCCCCCCCCCCCCCCCCCCCCC(=O)OC(COC(=O)CCCCCCCCCCCCCCCCCCCCCCCCCCCCCCCCCCCC)COC(OCC[N+](C)(C)C)C(=O)O. The molecule has 0 radical (unpaired) electrons. The number of esters is 2. The molecular formula is C81H156NO8+. The van der Waals surface area contributed by atoms with Crippen molar-refractivity contribution in [3.8, 4) is 0 Å². The summed E-state index contributed by atoms with van der Waals surface area (Å²) in [4.78, 5) is 37.7. The molecule has 0 aromatic carbocycles. The first-order valence-electron chi connectivity index (χ1n) is 40.0. The molecule has 0 bridgehead atoms. The smallest absolute Gasteiger partial charge is 0.361 e. The van der Waals surface area contributed by atoms with Crippen molar-refractivity contribution >= 4 is 17.9 Å². The number of likely N-dealkylation sites (N-methyl/N-ethyl adjacent to an activating group) is 1. The Morgan fingerprint density at radius 3 is 0.878 bits per heavy atom. The van der Waals surface area contributed by atoms with Crippen molar-refractivity contribution in [2.75, 3.05) is 47.5 Å². The van der Waals surface area contributed by atoms with E-state index in [1.54, 1.807) is 0 Å². The highest BCUT2D eigenvalue weighted by atomic mass is 16.7. The van der Waals surface area contributed by atoms with Gasteiger partial charge in [0.1, 0.15) is 13.2 Å². The topological polar surface area (TPSA) is 108 Å². The van der Waals surface area contributed by atoms with Crippen molar-refractivity contribution in [1.29, 1.82) is 0 Å². The van der Waals surface area contributed by atoms with E-state index >= 15 is 0 Å². The second-order valence-corrected chi connectivity index (χ2v) is 28.7. The molecule has 2 unspecified atom stereocenters. The van der Waals surface area contributed by atoms with Crippen LogP contribution < -0.4 is 0 Å². The van der Waals surface area contributed by atoms with Gasteiger partial charge in [-0.1, -0.05) is 385 Å². The Balaban J connectivity index is 3.96. The average Bonchev–Trinajstić information content (AvgIpc) is 3.63. The summed E-state index contributed by atoms with van der Waals surface area (Å²) in [6.45, 7) is 4.96. The van der Waals surface area contributed by atoms with Crippen LogP contribution in [0.2, 0.25) is 0 Å². The third kappa shape index (κ3) is 73.2. The standard InChI is InChI=1S/C81H155NO8/c1-6-8-10-12-14-16-18-20-22-24-26-28-30-32-34-36-38-39-40-42-43-45-47-49-51-53-55-57-59-61-63-65-67-69-71-78(83)88-75-77(76-89-81(80(85)86)87-74-73-82(3,4)5)90-79(84)72-70-68-66-64-62-60-58-56-54-52-50-48-46-44-41-37-35-33-31-29-27-25-23-21-19-17-15-13-11-9-7-2/h19,21,25,27,77,81H,6-18,20,22-24,26,28-76H2,1-5H3/p+1/b21-19-,27-25-. The van der Waals surface area contributed by atoms with E-state index in [1.807, 2.05) is 21.1 Å². The van der Waals surface area contributed by atoms with Gasteiger partial charge in [0, 0.05) is 12.8 Å². The van der Waals surface area contributed by atoms with E-state index in [0.717, 1.165) is 44.9 Å². The number of carboxylic acids is 1. The molecule has 0 aliphatic heterocycles. The Hall–Kier alpha value is -2.23. The highest BCUT2D eigenvalue weighted by Gasteiger charge is 2.25. The molecule has 9 heteroatoms. The monoisotopic (exact) mass is 1270 g/mol. The van der Waals surface area contributed by atoms with Gasteiger partial charge in [0.05, 0.1) is 34.4 Å². The number of nitrogens with zero attached hydrogens (tertiary/aromatic N) is 1. The van der Waals surface area contributed by atoms with Gasteiger partial charge < -0.3 is 28.5 Å². The third-order valence-corrected chi connectivity index (χ3v) is 18.5. The van der Waals surface area contributed by atoms with Crippen LogP contribution in [0.3, 0.4) is 0 Å². The Labute approximate surface area is 560 Å². The quantitative estimate of drug-likeness (QED) is 0.0211. The molecule has 0 aromatic rings. The van der Waals surface area contributed by atoms with E-state index in [2.05, 4.69) is 38.2 Å².